The Bertz CT molecular complexity index is 1040. The Morgan fingerprint density at radius 3 is 2.52 bits per heavy atom. The van der Waals surface area contributed by atoms with Crippen LogP contribution in [0.2, 0.25) is 0 Å². The van der Waals surface area contributed by atoms with E-state index in [-0.39, 0.29) is 11.0 Å². The molecule has 0 fully saturated rings. The lowest BCUT2D eigenvalue weighted by Crippen LogP contribution is -2.40. The van der Waals surface area contributed by atoms with Crippen LogP contribution in [0.1, 0.15) is 37.0 Å². The normalized spacial score (nSPS) is 18.0. The average Bonchev–Trinajstić information content (AvgIpc) is 2.70. The van der Waals surface area contributed by atoms with Gasteiger partial charge in [0.2, 0.25) is 0 Å². The van der Waals surface area contributed by atoms with Crippen molar-refractivity contribution < 1.29 is 0 Å². The summed E-state index contributed by atoms with van der Waals surface area (Å²) < 4.78 is 1.85. The van der Waals surface area contributed by atoms with Gasteiger partial charge in [-0.1, -0.05) is 80.2 Å². The predicted molar refractivity (Wildman–Crippen MR) is 113 cm³/mol. The van der Waals surface area contributed by atoms with Crippen LogP contribution in [0.25, 0.3) is 11.3 Å². The van der Waals surface area contributed by atoms with Crippen LogP contribution in [-0.2, 0) is 18.4 Å². The highest BCUT2D eigenvalue weighted by Gasteiger charge is 2.38. The zero-order valence-corrected chi connectivity index (χ0v) is 16.8. The molecule has 138 valence electrons. The van der Waals surface area contributed by atoms with Crippen molar-refractivity contribution in [3.8, 4) is 11.3 Å². The summed E-state index contributed by atoms with van der Waals surface area (Å²) in [6.07, 6.45) is 3.78. The third-order valence-electron chi connectivity index (χ3n) is 5.74. The molecule has 0 saturated carbocycles. The molecule has 1 heterocycles. The van der Waals surface area contributed by atoms with Gasteiger partial charge in [0.1, 0.15) is 0 Å². The van der Waals surface area contributed by atoms with Gasteiger partial charge in [-0.3, -0.25) is 9.36 Å². The van der Waals surface area contributed by atoms with Crippen LogP contribution >= 0.6 is 11.8 Å². The van der Waals surface area contributed by atoms with Crippen LogP contribution in [-0.4, -0.2) is 15.8 Å². The smallest absolute Gasteiger partial charge is 0.258 e. The van der Waals surface area contributed by atoms with Gasteiger partial charge in [0.05, 0.1) is 17.8 Å². The maximum Gasteiger partial charge on any atom is 0.258 e. The molecule has 4 heteroatoms. The molecule has 0 amide bonds. The molecule has 4 rings (SSSR count). The number of hydrogen-bond donors (Lipinski definition) is 0. The van der Waals surface area contributed by atoms with E-state index in [4.69, 9.17) is 4.98 Å². The van der Waals surface area contributed by atoms with Crippen molar-refractivity contribution in [3.63, 3.8) is 0 Å². The van der Waals surface area contributed by atoms with E-state index < -0.39 is 0 Å². The van der Waals surface area contributed by atoms with E-state index >= 15 is 0 Å². The molecule has 0 spiro atoms. The van der Waals surface area contributed by atoms with Gasteiger partial charge in [0.25, 0.3) is 5.56 Å². The Hall–Kier alpha value is -2.33. The summed E-state index contributed by atoms with van der Waals surface area (Å²) in [5.41, 5.74) is 5.17. The third kappa shape index (κ3) is 3.02. The predicted octanol–water partition coefficient (Wildman–Crippen LogP) is 4.90. The molecule has 0 radical (unpaired) electrons. The van der Waals surface area contributed by atoms with Crippen LogP contribution in [0.3, 0.4) is 0 Å². The van der Waals surface area contributed by atoms with Gasteiger partial charge in [0.15, 0.2) is 5.16 Å². The van der Waals surface area contributed by atoms with Gasteiger partial charge < -0.3 is 0 Å². The van der Waals surface area contributed by atoms with E-state index in [1.807, 2.05) is 35.1 Å². The summed E-state index contributed by atoms with van der Waals surface area (Å²) in [5.74, 6) is 0. The van der Waals surface area contributed by atoms with Gasteiger partial charge in [0, 0.05) is 11.0 Å². The number of aromatic nitrogens is 2. The molecule has 0 saturated heterocycles. The number of nitrogens with zero attached hydrogens (tertiary/aromatic N) is 2. The second kappa shape index (κ2) is 7.01. The van der Waals surface area contributed by atoms with Crippen LogP contribution in [0, 0.1) is 0 Å². The van der Waals surface area contributed by atoms with E-state index in [0.717, 1.165) is 40.4 Å². The molecule has 3 aromatic rings. The minimum absolute atomic E-state index is 0.104. The number of hydrogen-bond acceptors (Lipinski definition) is 3. The standard InChI is InChI=1S/C23H24N2OS/c1-4-23(2)14-17-12-8-9-13-18(17)20-19(23)21(26)25(22(24-20)27-3)15-16-10-6-5-7-11-16/h5-13H,4,14-15H2,1-3H3/t23-/m1/s1. The summed E-state index contributed by atoms with van der Waals surface area (Å²) in [6.45, 7) is 4.93. The van der Waals surface area contributed by atoms with Crippen LogP contribution in [0.15, 0.2) is 64.5 Å². The van der Waals surface area contributed by atoms with Crippen molar-refractivity contribution in [2.75, 3.05) is 6.26 Å². The number of rotatable bonds is 4. The van der Waals surface area contributed by atoms with Crippen LogP contribution in [0.5, 0.6) is 0 Å². The van der Waals surface area contributed by atoms with E-state index in [1.165, 1.54) is 17.3 Å². The molecule has 0 aliphatic heterocycles. The summed E-state index contributed by atoms with van der Waals surface area (Å²) in [5, 5.41) is 0.776. The Morgan fingerprint density at radius 2 is 1.81 bits per heavy atom. The largest absolute Gasteiger partial charge is 0.283 e. The molecule has 0 bridgehead atoms. The second-order valence-electron chi connectivity index (χ2n) is 7.45. The highest BCUT2D eigenvalue weighted by Crippen LogP contribution is 2.42. The molecule has 1 aliphatic rings. The zero-order valence-electron chi connectivity index (χ0n) is 16.0. The summed E-state index contributed by atoms with van der Waals surface area (Å²) >= 11 is 1.54. The number of thioether (sulfide) groups is 1. The van der Waals surface area contributed by atoms with E-state index in [0.29, 0.717) is 6.54 Å². The van der Waals surface area contributed by atoms with Crippen LogP contribution < -0.4 is 5.56 Å². The number of benzene rings is 2. The Kier molecular flexibility index (Phi) is 4.68. The fourth-order valence-electron chi connectivity index (χ4n) is 4.05. The first-order valence-corrected chi connectivity index (χ1v) is 10.6. The zero-order chi connectivity index (χ0) is 19.0. The minimum atomic E-state index is -0.191. The fraction of sp³-hybridized carbons (Fsp3) is 0.304. The summed E-state index contributed by atoms with van der Waals surface area (Å²) in [6, 6.07) is 18.5. The highest BCUT2D eigenvalue weighted by atomic mass is 32.2. The topological polar surface area (TPSA) is 34.9 Å². The van der Waals surface area contributed by atoms with Crippen LogP contribution in [0.4, 0.5) is 0 Å². The van der Waals surface area contributed by atoms with Gasteiger partial charge in [-0.25, -0.2) is 4.98 Å². The second-order valence-corrected chi connectivity index (χ2v) is 8.22. The highest BCUT2D eigenvalue weighted by molar-refractivity contribution is 7.98. The molecule has 1 atom stereocenters. The summed E-state index contributed by atoms with van der Waals surface area (Å²) in [4.78, 5) is 18.7. The first-order chi connectivity index (χ1) is 13.1. The quantitative estimate of drug-likeness (QED) is 0.480. The third-order valence-corrected chi connectivity index (χ3v) is 6.41. The fourth-order valence-corrected chi connectivity index (χ4v) is 4.60. The first kappa shape index (κ1) is 18.1. The summed E-state index contributed by atoms with van der Waals surface area (Å²) in [7, 11) is 0. The molecule has 0 N–H and O–H groups in total. The Labute approximate surface area is 164 Å². The first-order valence-electron chi connectivity index (χ1n) is 9.39. The van der Waals surface area contributed by atoms with Crippen molar-refractivity contribution in [3.05, 3.63) is 81.6 Å². The lowest BCUT2D eigenvalue weighted by molar-refractivity contribution is 0.430. The van der Waals surface area contributed by atoms with E-state index in [9.17, 15) is 4.79 Å². The molecule has 1 aliphatic carbocycles. The van der Waals surface area contributed by atoms with Gasteiger partial charge >= 0.3 is 0 Å². The lowest BCUT2D eigenvalue weighted by atomic mass is 9.69. The molecular formula is C23H24N2OS. The van der Waals surface area contributed by atoms with E-state index in [1.54, 1.807) is 0 Å². The van der Waals surface area contributed by atoms with Crippen molar-refractivity contribution >= 4 is 11.8 Å². The average molecular weight is 377 g/mol. The van der Waals surface area contributed by atoms with Gasteiger partial charge in [-0.2, -0.15) is 0 Å². The molecule has 3 nitrogen and oxygen atoms in total. The van der Waals surface area contributed by atoms with Gasteiger partial charge in [-0.05, 0) is 30.2 Å². The Morgan fingerprint density at radius 1 is 1.11 bits per heavy atom. The van der Waals surface area contributed by atoms with Crippen molar-refractivity contribution in [2.45, 2.75) is 43.8 Å². The maximum atomic E-state index is 13.7. The van der Waals surface area contributed by atoms with Crippen molar-refractivity contribution in [2.24, 2.45) is 0 Å². The van der Waals surface area contributed by atoms with Crippen molar-refractivity contribution in [1.29, 1.82) is 0 Å². The van der Waals surface area contributed by atoms with Gasteiger partial charge in [-0.15, -0.1) is 0 Å². The molecular weight excluding hydrogens is 352 g/mol. The monoisotopic (exact) mass is 376 g/mol. The lowest BCUT2D eigenvalue weighted by Gasteiger charge is -2.35. The molecule has 1 aromatic heterocycles. The number of fused-ring (bicyclic) bond motifs is 3. The van der Waals surface area contributed by atoms with E-state index in [2.05, 4.69) is 44.2 Å². The molecule has 2 aromatic carbocycles. The minimum Gasteiger partial charge on any atom is -0.283 e. The molecule has 27 heavy (non-hydrogen) atoms. The van der Waals surface area contributed by atoms with Crippen molar-refractivity contribution in [1.82, 2.24) is 9.55 Å². The maximum absolute atomic E-state index is 13.7. The SMILES string of the molecule is CC[C@]1(C)Cc2ccccc2-c2nc(SC)n(Cc3ccccc3)c(=O)c21. The Balaban J connectivity index is 1.98. The molecule has 0 unspecified atom stereocenters.